The maximum atomic E-state index is 11.5. The second-order valence-electron chi connectivity index (χ2n) is 4.63. The molecule has 1 N–H and O–H groups in total. The summed E-state index contributed by atoms with van der Waals surface area (Å²) in [5.41, 5.74) is 0. The van der Waals surface area contributed by atoms with E-state index in [4.69, 9.17) is 4.74 Å². The third-order valence-electron chi connectivity index (χ3n) is 2.79. The fraction of sp³-hybridized carbons (Fsp3) is 0.833. The molecule has 2 amide bonds. The van der Waals surface area contributed by atoms with E-state index in [-0.39, 0.29) is 30.4 Å². The zero-order valence-electron chi connectivity index (χ0n) is 10.9. The minimum Gasteiger partial charge on any atom is -0.379 e. The Morgan fingerprint density at radius 3 is 2.65 bits per heavy atom. The van der Waals surface area contributed by atoms with Crippen LogP contribution in [0.5, 0.6) is 0 Å². The van der Waals surface area contributed by atoms with Crippen LogP contribution in [0.1, 0.15) is 33.1 Å². The molecule has 0 aliphatic carbocycles. The van der Waals surface area contributed by atoms with Crippen LogP contribution >= 0.6 is 0 Å². The number of likely N-dealkylation sites (tertiary alicyclic amines) is 1. The van der Waals surface area contributed by atoms with Gasteiger partial charge in [0.2, 0.25) is 11.8 Å². The molecule has 0 bridgehead atoms. The fourth-order valence-electron chi connectivity index (χ4n) is 1.74. The van der Waals surface area contributed by atoms with Gasteiger partial charge in [0.1, 0.15) is 0 Å². The number of hydrogen-bond acceptors (Lipinski definition) is 4. The molecule has 1 aliphatic heterocycles. The summed E-state index contributed by atoms with van der Waals surface area (Å²) in [7, 11) is 1.53. The Kier molecular flexibility index (Phi) is 5.58. The third-order valence-corrected chi connectivity index (χ3v) is 2.79. The molecule has 1 atom stereocenters. The molecule has 0 radical (unpaired) electrons. The van der Waals surface area contributed by atoms with Crippen molar-refractivity contribution in [1.82, 2.24) is 10.2 Å². The number of ether oxygens (including phenoxy) is 1. The predicted molar refractivity (Wildman–Crippen MR) is 64.5 cm³/mol. The van der Waals surface area contributed by atoms with Gasteiger partial charge in [-0.25, -0.2) is 0 Å². The van der Waals surface area contributed by atoms with Crippen LogP contribution in [0.25, 0.3) is 0 Å². The quantitative estimate of drug-likeness (QED) is 0.523. The lowest BCUT2D eigenvalue weighted by Crippen LogP contribution is -2.37. The zero-order chi connectivity index (χ0) is 12.8. The first-order valence-electron chi connectivity index (χ1n) is 6.17. The zero-order valence-corrected chi connectivity index (χ0v) is 10.9. The lowest BCUT2D eigenvalue weighted by Gasteiger charge is -2.11. The normalized spacial score (nSPS) is 20.7. The molecule has 5 heteroatoms. The van der Waals surface area contributed by atoms with Gasteiger partial charge in [-0.2, -0.15) is 0 Å². The number of nitrogens with one attached hydrogen (secondary N) is 1. The number of carbonyl (C=O) groups is 2. The summed E-state index contributed by atoms with van der Waals surface area (Å²) in [6.07, 6.45) is 2.48. The summed E-state index contributed by atoms with van der Waals surface area (Å²) in [6, 6.07) is -0.321. The average Bonchev–Trinajstić information content (AvgIpc) is 2.51. The lowest BCUT2D eigenvalue weighted by atomic mass is 10.2. The van der Waals surface area contributed by atoms with Crippen molar-refractivity contribution in [2.24, 2.45) is 0 Å². The number of imide groups is 1. The highest BCUT2D eigenvalue weighted by Crippen LogP contribution is 2.10. The van der Waals surface area contributed by atoms with Crippen molar-refractivity contribution in [1.29, 1.82) is 0 Å². The molecule has 0 aromatic carbocycles. The molecule has 0 spiro atoms. The van der Waals surface area contributed by atoms with Crippen LogP contribution in [0.15, 0.2) is 0 Å². The molecule has 1 unspecified atom stereocenters. The van der Waals surface area contributed by atoms with Crippen molar-refractivity contribution in [3.63, 3.8) is 0 Å². The summed E-state index contributed by atoms with van der Waals surface area (Å²) in [4.78, 5) is 24.0. The molecule has 17 heavy (non-hydrogen) atoms. The van der Waals surface area contributed by atoms with Crippen LogP contribution in [0.2, 0.25) is 0 Å². The Balaban J connectivity index is 2.08. The molecular formula is C12H22N2O3. The van der Waals surface area contributed by atoms with Gasteiger partial charge in [-0.05, 0) is 33.2 Å². The van der Waals surface area contributed by atoms with E-state index < -0.39 is 0 Å². The second-order valence-corrected chi connectivity index (χ2v) is 4.63. The van der Waals surface area contributed by atoms with Crippen molar-refractivity contribution < 1.29 is 14.3 Å². The highest BCUT2D eigenvalue weighted by atomic mass is 16.5. The van der Waals surface area contributed by atoms with Crippen LogP contribution in [-0.4, -0.2) is 49.1 Å². The minimum atomic E-state index is -0.321. The lowest BCUT2D eigenvalue weighted by molar-refractivity contribution is -0.137. The van der Waals surface area contributed by atoms with Gasteiger partial charge in [-0.15, -0.1) is 0 Å². The highest BCUT2D eigenvalue weighted by Gasteiger charge is 2.35. The maximum absolute atomic E-state index is 11.5. The van der Waals surface area contributed by atoms with Gasteiger partial charge < -0.3 is 10.1 Å². The molecule has 0 aromatic heterocycles. The fourth-order valence-corrected chi connectivity index (χ4v) is 1.74. The molecule has 0 saturated carbocycles. The first-order chi connectivity index (χ1) is 8.02. The summed E-state index contributed by atoms with van der Waals surface area (Å²) in [5.74, 6) is -0.218. The Hall–Kier alpha value is -0.940. The van der Waals surface area contributed by atoms with E-state index in [0.29, 0.717) is 0 Å². The molecule has 1 rings (SSSR count). The topological polar surface area (TPSA) is 58.6 Å². The maximum Gasteiger partial charge on any atom is 0.246 e. The van der Waals surface area contributed by atoms with Gasteiger partial charge in [0, 0.05) is 13.7 Å². The van der Waals surface area contributed by atoms with Crippen molar-refractivity contribution >= 4 is 11.8 Å². The van der Waals surface area contributed by atoms with Gasteiger partial charge in [0.25, 0.3) is 0 Å². The van der Waals surface area contributed by atoms with Gasteiger partial charge in [-0.3, -0.25) is 14.5 Å². The molecule has 5 nitrogen and oxygen atoms in total. The van der Waals surface area contributed by atoms with Crippen LogP contribution in [0, 0.1) is 0 Å². The summed E-state index contributed by atoms with van der Waals surface area (Å²) in [6.45, 7) is 5.52. The van der Waals surface area contributed by atoms with Gasteiger partial charge in [0.05, 0.1) is 18.6 Å². The first kappa shape index (κ1) is 14.1. The van der Waals surface area contributed by atoms with E-state index in [2.05, 4.69) is 5.32 Å². The third kappa shape index (κ3) is 4.44. The second kappa shape index (κ2) is 6.71. The smallest absolute Gasteiger partial charge is 0.246 e. The predicted octanol–water partition coefficient (Wildman–Crippen LogP) is 0.539. The van der Waals surface area contributed by atoms with E-state index in [1.807, 2.05) is 13.8 Å². The van der Waals surface area contributed by atoms with Gasteiger partial charge in [0.15, 0.2) is 0 Å². The number of carbonyl (C=O) groups excluding carboxylic acids is 2. The van der Waals surface area contributed by atoms with Crippen LogP contribution in [0.4, 0.5) is 0 Å². The van der Waals surface area contributed by atoms with Crippen LogP contribution in [-0.2, 0) is 14.3 Å². The SMILES string of the molecule is CC(C)OCCCCNC1CC(=O)N(C)C1=O. The number of amides is 2. The largest absolute Gasteiger partial charge is 0.379 e. The highest BCUT2D eigenvalue weighted by molar-refractivity contribution is 6.05. The standard InChI is InChI=1S/C12H22N2O3/c1-9(2)17-7-5-4-6-13-10-8-11(15)14(3)12(10)16/h9-10,13H,4-8H2,1-3H3. The van der Waals surface area contributed by atoms with Crippen molar-refractivity contribution in [2.45, 2.75) is 45.3 Å². The van der Waals surface area contributed by atoms with E-state index in [9.17, 15) is 9.59 Å². The number of rotatable bonds is 7. The Morgan fingerprint density at radius 1 is 1.41 bits per heavy atom. The van der Waals surface area contributed by atoms with Crippen LogP contribution in [0.3, 0.4) is 0 Å². The number of nitrogens with zero attached hydrogens (tertiary/aromatic N) is 1. The van der Waals surface area contributed by atoms with Crippen molar-refractivity contribution in [3.8, 4) is 0 Å². The van der Waals surface area contributed by atoms with Crippen molar-refractivity contribution in [2.75, 3.05) is 20.2 Å². The Bertz CT molecular complexity index is 279. The molecule has 1 saturated heterocycles. The van der Waals surface area contributed by atoms with E-state index in [1.165, 1.54) is 11.9 Å². The molecule has 98 valence electrons. The summed E-state index contributed by atoms with van der Waals surface area (Å²) in [5, 5.41) is 3.11. The van der Waals surface area contributed by atoms with E-state index >= 15 is 0 Å². The molecule has 0 aromatic rings. The summed E-state index contributed by atoms with van der Waals surface area (Å²) >= 11 is 0. The Morgan fingerprint density at radius 2 is 2.12 bits per heavy atom. The van der Waals surface area contributed by atoms with Gasteiger partial charge in [-0.1, -0.05) is 0 Å². The molecular weight excluding hydrogens is 220 g/mol. The monoisotopic (exact) mass is 242 g/mol. The number of unbranched alkanes of at least 4 members (excludes halogenated alkanes) is 1. The summed E-state index contributed by atoms with van der Waals surface area (Å²) < 4.78 is 5.41. The number of likely N-dealkylation sites (N-methyl/N-ethyl adjacent to an activating group) is 1. The molecule has 1 aliphatic rings. The molecule has 1 heterocycles. The average molecular weight is 242 g/mol. The minimum absolute atomic E-state index is 0.101. The first-order valence-corrected chi connectivity index (χ1v) is 6.17. The van der Waals surface area contributed by atoms with E-state index in [0.717, 1.165) is 26.0 Å². The number of hydrogen-bond donors (Lipinski definition) is 1. The molecule has 1 fully saturated rings. The van der Waals surface area contributed by atoms with E-state index in [1.54, 1.807) is 0 Å². The van der Waals surface area contributed by atoms with Crippen molar-refractivity contribution in [3.05, 3.63) is 0 Å². The van der Waals surface area contributed by atoms with Crippen LogP contribution < -0.4 is 5.32 Å². The van der Waals surface area contributed by atoms with Gasteiger partial charge >= 0.3 is 0 Å². The Labute approximate surface area is 102 Å².